The molecule has 3 aromatic carbocycles. The Morgan fingerprint density at radius 3 is 2.05 bits per heavy atom. The van der Waals surface area contributed by atoms with Crippen LogP contribution in [0.15, 0.2) is 65.6 Å². The summed E-state index contributed by atoms with van der Waals surface area (Å²) in [6.45, 7) is 10.6. The number of rotatable bonds is 12. The number of halogens is 2. The van der Waals surface area contributed by atoms with E-state index in [4.69, 9.17) is 23.2 Å². The summed E-state index contributed by atoms with van der Waals surface area (Å²) in [7, 11) is -4.17. The molecule has 0 aliphatic carbocycles. The van der Waals surface area contributed by atoms with Crippen molar-refractivity contribution in [1.82, 2.24) is 10.2 Å². The summed E-state index contributed by atoms with van der Waals surface area (Å²) < 4.78 is 29.4. The summed E-state index contributed by atoms with van der Waals surface area (Å²) in [6, 6.07) is 15.8. The fourth-order valence-electron chi connectivity index (χ4n) is 4.57. The second kappa shape index (κ2) is 14.4. The van der Waals surface area contributed by atoms with Gasteiger partial charge in [-0.25, -0.2) is 8.42 Å². The molecule has 0 heterocycles. The van der Waals surface area contributed by atoms with E-state index in [-0.39, 0.29) is 23.4 Å². The van der Waals surface area contributed by atoms with E-state index in [0.29, 0.717) is 34.1 Å². The molecule has 3 aromatic rings. The van der Waals surface area contributed by atoms with Crippen molar-refractivity contribution < 1.29 is 18.0 Å². The predicted octanol–water partition coefficient (Wildman–Crippen LogP) is 6.84. The molecule has 0 bridgehead atoms. The zero-order valence-electron chi connectivity index (χ0n) is 24.9. The van der Waals surface area contributed by atoms with Gasteiger partial charge in [-0.3, -0.25) is 13.9 Å². The molecule has 7 nitrogen and oxygen atoms in total. The summed E-state index contributed by atoms with van der Waals surface area (Å²) in [5.74, 6) is -0.892. The number of anilines is 1. The molecule has 0 fully saturated rings. The number of hydrogen-bond acceptors (Lipinski definition) is 4. The first-order chi connectivity index (χ1) is 19.8. The van der Waals surface area contributed by atoms with Crippen molar-refractivity contribution in [2.45, 2.75) is 77.9 Å². The van der Waals surface area contributed by atoms with E-state index in [0.717, 1.165) is 21.0 Å². The van der Waals surface area contributed by atoms with Gasteiger partial charge in [-0.2, -0.15) is 0 Å². The van der Waals surface area contributed by atoms with E-state index < -0.39 is 28.5 Å². The van der Waals surface area contributed by atoms with Crippen molar-refractivity contribution in [1.29, 1.82) is 0 Å². The Morgan fingerprint density at radius 2 is 1.48 bits per heavy atom. The minimum absolute atomic E-state index is 0.0593. The smallest absolute Gasteiger partial charge is 0.264 e. The lowest BCUT2D eigenvalue weighted by Crippen LogP contribution is -2.53. The maximum atomic E-state index is 14.3. The van der Waals surface area contributed by atoms with Crippen LogP contribution in [0.25, 0.3) is 0 Å². The molecule has 3 rings (SSSR count). The minimum Gasteiger partial charge on any atom is -0.352 e. The van der Waals surface area contributed by atoms with Gasteiger partial charge in [0.05, 0.1) is 10.6 Å². The van der Waals surface area contributed by atoms with Gasteiger partial charge in [-0.15, -0.1) is 0 Å². The Balaban J connectivity index is 2.14. The average molecular weight is 633 g/mol. The monoisotopic (exact) mass is 631 g/mol. The molecular formula is C32H39Cl2N3O4S. The maximum Gasteiger partial charge on any atom is 0.264 e. The van der Waals surface area contributed by atoms with Crippen LogP contribution in [0.2, 0.25) is 10.0 Å². The molecule has 0 saturated carbocycles. The molecule has 0 radical (unpaired) electrons. The van der Waals surface area contributed by atoms with E-state index in [1.54, 1.807) is 49.4 Å². The SMILES string of the molecule is CC[C@@H](C)NC(=O)[C@H](CC)N(Cc1c(Cl)cccc1Cl)C(=O)CN(c1cccc(C)c1C)S(=O)(=O)c1ccc(C)cc1. The first-order valence-electron chi connectivity index (χ1n) is 14.0. The highest BCUT2D eigenvalue weighted by molar-refractivity contribution is 7.92. The van der Waals surface area contributed by atoms with Crippen LogP contribution in [0.1, 0.15) is 55.9 Å². The molecule has 0 aromatic heterocycles. The zero-order chi connectivity index (χ0) is 31.2. The lowest BCUT2D eigenvalue weighted by molar-refractivity contribution is -0.140. The van der Waals surface area contributed by atoms with Crippen LogP contribution < -0.4 is 9.62 Å². The highest BCUT2D eigenvalue weighted by Gasteiger charge is 2.35. The number of carbonyl (C=O) groups is 2. The molecule has 0 saturated heterocycles. The third kappa shape index (κ3) is 7.65. The van der Waals surface area contributed by atoms with Crippen molar-refractivity contribution in [2.24, 2.45) is 0 Å². The van der Waals surface area contributed by atoms with E-state index in [9.17, 15) is 18.0 Å². The van der Waals surface area contributed by atoms with Gasteiger partial charge in [-0.1, -0.05) is 72.9 Å². The number of hydrogen-bond donors (Lipinski definition) is 1. The minimum atomic E-state index is -4.17. The number of benzene rings is 3. The van der Waals surface area contributed by atoms with Crippen molar-refractivity contribution in [2.75, 3.05) is 10.8 Å². The molecule has 0 aliphatic heterocycles. The Kier molecular flexibility index (Phi) is 11.5. The van der Waals surface area contributed by atoms with Gasteiger partial charge in [0, 0.05) is 28.2 Å². The first kappa shape index (κ1) is 33.4. The third-order valence-electron chi connectivity index (χ3n) is 7.51. The van der Waals surface area contributed by atoms with Crippen molar-refractivity contribution in [3.05, 3.63) is 93.0 Å². The number of sulfonamides is 1. The van der Waals surface area contributed by atoms with Gasteiger partial charge in [0.25, 0.3) is 10.0 Å². The highest BCUT2D eigenvalue weighted by Crippen LogP contribution is 2.31. The van der Waals surface area contributed by atoms with Crippen LogP contribution in [0.5, 0.6) is 0 Å². The average Bonchev–Trinajstić information content (AvgIpc) is 2.94. The molecule has 10 heteroatoms. The molecule has 2 atom stereocenters. The van der Waals surface area contributed by atoms with Gasteiger partial charge < -0.3 is 10.2 Å². The normalized spacial score (nSPS) is 12.9. The number of carbonyl (C=O) groups excluding carboxylic acids is 2. The largest absolute Gasteiger partial charge is 0.352 e. The second-order valence-electron chi connectivity index (χ2n) is 10.5. The van der Waals surface area contributed by atoms with E-state index in [2.05, 4.69) is 5.32 Å². The van der Waals surface area contributed by atoms with E-state index >= 15 is 0 Å². The number of aryl methyl sites for hydroxylation is 2. The van der Waals surface area contributed by atoms with Crippen LogP contribution in [0, 0.1) is 20.8 Å². The lowest BCUT2D eigenvalue weighted by Gasteiger charge is -2.34. The molecule has 0 aliphatic rings. The van der Waals surface area contributed by atoms with Crippen LogP contribution >= 0.6 is 23.2 Å². The highest BCUT2D eigenvalue weighted by atomic mass is 35.5. The fraction of sp³-hybridized carbons (Fsp3) is 0.375. The molecule has 2 amide bonds. The third-order valence-corrected chi connectivity index (χ3v) is 9.99. The standard InChI is InChI=1S/C32H39Cl2N3O4S/c1-7-23(5)35-32(39)29(8-2)36(19-26-27(33)12-10-13-28(26)34)31(38)20-37(30-14-9-11-22(4)24(30)6)42(40,41)25-17-15-21(3)16-18-25/h9-18,23,29H,7-8,19-20H2,1-6H3,(H,35,39)/t23-,29+/m1/s1. The topological polar surface area (TPSA) is 86.8 Å². The molecule has 1 N–H and O–H groups in total. The quantitative estimate of drug-likeness (QED) is 0.237. The van der Waals surface area contributed by atoms with Gasteiger partial charge in [0.2, 0.25) is 11.8 Å². The Bertz CT molecular complexity index is 1510. The van der Waals surface area contributed by atoms with E-state index in [1.807, 2.05) is 40.7 Å². The summed E-state index contributed by atoms with van der Waals surface area (Å²) in [5.41, 5.74) is 3.37. The Morgan fingerprint density at radius 1 is 0.881 bits per heavy atom. The first-order valence-corrected chi connectivity index (χ1v) is 16.2. The Hall–Kier alpha value is -3.07. The van der Waals surface area contributed by atoms with Crippen molar-refractivity contribution in [3.63, 3.8) is 0 Å². The molecule has 42 heavy (non-hydrogen) atoms. The molecular weight excluding hydrogens is 593 g/mol. The van der Waals surface area contributed by atoms with Gasteiger partial charge in [0.1, 0.15) is 12.6 Å². The van der Waals surface area contributed by atoms with Crippen LogP contribution in [0.3, 0.4) is 0 Å². The lowest BCUT2D eigenvalue weighted by atomic mass is 10.1. The van der Waals surface area contributed by atoms with Gasteiger partial charge in [0.15, 0.2) is 0 Å². The number of amides is 2. The summed E-state index contributed by atoms with van der Waals surface area (Å²) in [6.07, 6.45) is 1.01. The van der Waals surface area contributed by atoms with Crippen LogP contribution in [-0.2, 0) is 26.2 Å². The molecule has 0 spiro atoms. The molecule has 0 unspecified atom stereocenters. The van der Waals surface area contributed by atoms with Crippen molar-refractivity contribution in [3.8, 4) is 0 Å². The maximum absolute atomic E-state index is 14.3. The number of nitrogens with one attached hydrogen (secondary N) is 1. The molecule has 226 valence electrons. The fourth-order valence-corrected chi connectivity index (χ4v) is 6.56. The summed E-state index contributed by atoms with van der Waals surface area (Å²) >= 11 is 13.0. The van der Waals surface area contributed by atoms with Crippen LogP contribution in [0.4, 0.5) is 5.69 Å². The Labute approximate surface area is 259 Å². The summed E-state index contributed by atoms with van der Waals surface area (Å²) in [4.78, 5) is 29.2. The van der Waals surface area contributed by atoms with Gasteiger partial charge >= 0.3 is 0 Å². The second-order valence-corrected chi connectivity index (χ2v) is 13.2. The van der Waals surface area contributed by atoms with E-state index in [1.165, 1.54) is 17.0 Å². The van der Waals surface area contributed by atoms with Crippen molar-refractivity contribution >= 4 is 50.7 Å². The zero-order valence-corrected chi connectivity index (χ0v) is 27.3. The van der Waals surface area contributed by atoms with Crippen LogP contribution in [-0.4, -0.2) is 43.8 Å². The summed E-state index contributed by atoms with van der Waals surface area (Å²) in [5, 5.41) is 3.65. The van der Waals surface area contributed by atoms with Gasteiger partial charge in [-0.05, 0) is 82.0 Å². The predicted molar refractivity (Wildman–Crippen MR) is 171 cm³/mol. The number of nitrogens with zero attached hydrogens (tertiary/aromatic N) is 2.